The lowest BCUT2D eigenvalue weighted by Crippen LogP contribution is -2.31. The van der Waals surface area contributed by atoms with Crippen molar-refractivity contribution in [3.63, 3.8) is 0 Å². The van der Waals surface area contributed by atoms with Crippen molar-refractivity contribution in [1.29, 1.82) is 0 Å². The molecule has 2 amide bonds. The Hall–Kier alpha value is -2.98. The Labute approximate surface area is 161 Å². The number of carbonyl (C=O) groups is 2. The first-order valence-electron chi connectivity index (χ1n) is 8.65. The summed E-state index contributed by atoms with van der Waals surface area (Å²) in [5.74, 6) is -1.60. The van der Waals surface area contributed by atoms with Crippen molar-refractivity contribution in [2.45, 2.75) is 25.7 Å². The number of nitrogens with two attached hydrogens (primary N) is 1. The Morgan fingerprint density at radius 3 is 2.32 bits per heavy atom. The molecule has 0 unspecified atom stereocenters. The number of pyridine rings is 1. The summed E-state index contributed by atoms with van der Waals surface area (Å²) in [4.78, 5) is 36.5. The molecule has 0 radical (unpaired) electrons. The third-order valence-electron chi connectivity index (χ3n) is 4.72. The molecule has 0 saturated heterocycles. The van der Waals surface area contributed by atoms with E-state index in [0.29, 0.717) is 18.7 Å². The maximum atomic E-state index is 12.8. The summed E-state index contributed by atoms with van der Waals surface area (Å²) >= 11 is 0. The van der Waals surface area contributed by atoms with Crippen LogP contribution in [0.15, 0.2) is 34.0 Å². The second kappa shape index (κ2) is 6.88. The van der Waals surface area contributed by atoms with Crippen LogP contribution in [0.25, 0.3) is 5.69 Å². The number of rotatable bonds is 5. The van der Waals surface area contributed by atoms with Gasteiger partial charge in [0.15, 0.2) is 0 Å². The van der Waals surface area contributed by atoms with Gasteiger partial charge in [-0.1, -0.05) is 19.9 Å². The average Bonchev–Trinajstić information content (AvgIpc) is 2.91. The minimum absolute atomic E-state index is 0.00382. The predicted octanol–water partition coefficient (Wildman–Crippen LogP) is 0.642. The minimum Gasteiger partial charge on any atom is -0.384 e. The third kappa shape index (κ3) is 2.90. The van der Waals surface area contributed by atoms with Crippen molar-refractivity contribution in [2.24, 2.45) is 0 Å². The molecule has 3 rings (SSSR count). The maximum absolute atomic E-state index is 12.8. The molecular weight excluding hydrogens is 384 g/mol. The standard InChI is InChI=1S/C18H20N4O5S/c1-4-21(5-2)28(26,27)11-7-6-10(3)13(8-11)22-14(23)9-12-15(16(22)19)18(25)20-17(12)24/h6-9H,4-5,19H2,1-3H3,(H,20,24,25). The molecule has 9 nitrogen and oxygen atoms in total. The van der Waals surface area contributed by atoms with Crippen molar-refractivity contribution in [1.82, 2.24) is 14.2 Å². The van der Waals surface area contributed by atoms with E-state index in [1.54, 1.807) is 26.8 Å². The van der Waals surface area contributed by atoms with Crippen LogP contribution in [0.3, 0.4) is 0 Å². The monoisotopic (exact) mass is 404 g/mol. The largest absolute Gasteiger partial charge is 0.384 e. The Morgan fingerprint density at radius 1 is 1.07 bits per heavy atom. The van der Waals surface area contributed by atoms with Crippen LogP contribution in [-0.2, 0) is 10.0 Å². The molecular formula is C18H20N4O5S. The maximum Gasteiger partial charge on any atom is 0.262 e. The van der Waals surface area contributed by atoms with Gasteiger partial charge in [0.05, 0.1) is 21.7 Å². The van der Waals surface area contributed by atoms with Crippen molar-refractivity contribution < 1.29 is 18.0 Å². The first kappa shape index (κ1) is 19.8. The fourth-order valence-electron chi connectivity index (χ4n) is 3.23. The zero-order chi connectivity index (χ0) is 20.8. The number of aromatic nitrogens is 1. The second-order valence-electron chi connectivity index (χ2n) is 6.31. The molecule has 0 bridgehead atoms. The number of carbonyl (C=O) groups excluding carboxylic acids is 2. The SMILES string of the molecule is CCN(CC)S(=O)(=O)c1ccc(C)c(-n2c(N)c3c(cc2=O)C(=O)NC3=O)c1. The molecule has 28 heavy (non-hydrogen) atoms. The number of aryl methyl sites for hydroxylation is 1. The molecule has 2 heterocycles. The highest BCUT2D eigenvalue weighted by molar-refractivity contribution is 7.89. The summed E-state index contributed by atoms with van der Waals surface area (Å²) in [6.07, 6.45) is 0. The van der Waals surface area contributed by atoms with E-state index in [0.717, 1.165) is 10.6 Å². The highest BCUT2D eigenvalue weighted by atomic mass is 32.2. The molecule has 3 N–H and O–H groups in total. The minimum atomic E-state index is -3.76. The van der Waals surface area contributed by atoms with Crippen molar-refractivity contribution in [2.75, 3.05) is 18.8 Å². The zero-order valence-corrected chi connectivity index (χ0v) is 16.5. The highest BCUT2D eigenvalue weighted by Gasteiger charge is 2.32. The molecule has 1 aliphatic heterocycles. The number of amides is 2. The second-order valence-corrected chi connectivity index (χ2v) is 8.25. The summed E-state index contributed by atoms with van der Waals surface area (Å²) < 4.78 is 28.0. The topological polar surface area (TPSA) is 132 Å². The third-order valence-corrected chi connectivity index (χ3v) is 6.76. The van der Waals surface area contributed by atoms with Crippen LogP contribution in [0.2, 0.25) is 0 Å². The fraction of sp³-hybridized carbons (Fsp3) is 0.278. The van der Waals surface area contributed by atoms with Gasteiger partial charge >= 0.3 is 0 Å². The Bertz CT molecular complexity index is 1160. The molecule has 10 heteroatoms. The number of nitrogens with one attached hydrogen (secondary N) is 1. The number of nitrogens with zero attached hydrogens (tertiary/aromatic N) is 2. The quantitative estimate of drug-likeness (QED) is 0.703. The van der Waals surface area contributed by atoms with Crippen molar-refractivity contribution in [3.05, 3.63) is 51.3 Å². The molecule has 0 saturated carbocycles. The smallest absolute Gasteiger partial charge is 0.262 e. The number of benzene rings is 1. The van der Waals surface area contributed by atoms with Gasteiger partial charge in [0, 0.05) is 19.2 Å². The lowest BCUT2D eigenvalue weighted by atomic mass is 10.1. The summed E-state index contributed by atoms with van der Waals surface area (Å²) in [6, 6.07) is 5.39. The molecule has 2 aromatic rings. The van der Waals surface area contributed by atoms with Crippen LogP contribution in [0, 0.1) is 6.92 Å². The van der Waals surface area contributed by atoms with Gasteiger partial charge in [0.1, 0.15) is 5.82 Å². The average molecular weight is 404 g/mol. The molecule has 0 spiro atoms. The number of nitrogen functional groups attached to an aromatic ring is 1. The van der Waals surface area contributed by atoms with E-state index in [9.17, 15) is 22.8 Å². The van der Waals surface area contributed by atoms with Gasteiger partial charge in [0.25, 0.3) is 17.4 Å². The first-order valence-corrected chi connectivity index (χ1v) is 10.1. The van der Waals surface area contributed by atoms with E-state index in [1.165, 1.54) is 16.4 Å². The van der Waals surface area contributed by atoms with Gasteiger partial charge in [-0.2, -0.15) is 4.31 Å². The highest BCUT2D eigenvalue weighted by Crippen LogP contribution is 2.26. The van der Waals surface area contributed by atoms with E-state index in [4.69, 9.17) is 5.73 Å². The fourth-order valence-corrected chi connectivity index (χ4v) is 4.71. The van der Waals surface area contributed by atoms with Crippen LogP contribution in [0.4, 0.5) is 5.82 Å². The summed E-state index contributed by atoms with van der Waals surface area (Å²) in [5.41, 5.74) is 6.04. The van der Waals surface area contributed by atoms with Gasteiger partial charge in [0.2, 0.25) is 10.0 Å². The lowest BCUT2D eigenvalue weighted by Gasteiger charge is -2.20. The molecule has 1 aliphatic rings. The molecule has 148 valence electrons. The van der Waals surface area contributed by atoms with Crippen LogP contribution in [-0.4, -0.2) is 42.2 Å². The molecule has 1 aromatic carbocycles. The summed E-state index contributed by atoms with van der Waals surface area (Å²) in [5, 5.41) is 2.10. The number of hydrogen-bond donors (Lipinski definition) is 2. The van der Waals surface area contributed by atoms with E-state index in [-0.39, 0.29) is 27.5 Å². The lowest BCUT2D eigenvalue weighted by molar-refractivity contribution is 0.0880. The number of fused-ring (bicyclic) bond motifs is 1. The van der Waals surface area contributed by atoms with Crippen LogP contribution >= 0.6 is 0 Å². The first-order chi connectivity index (χ1) is 13.1. The predicted molar refractivity (Wildman–Crippen MR) is 103 cm³/mol. The van der Waals surface area contributed by atoms with Crippen LogP contribution < -0.4 is 16.6 Å². The van der Waals surface area contributed by atoms with Crippen molar-refractivity contribution in [3.8, 4) is 5.69 Å². The van der Waals surface area contributed by atoms with E-state index < -0.39 is 27.4 Å². The molecule has 1 aromatic heterocycles. The van der Waals surface area contributed by atoms with Gasteiger partial charge in [-0.3, -0.25) is 24.3 Å². The van der Waals surface area contributed by atoms with E-state index in [1.807, 2.05) is 0 Å². The van der Waals surface area contributed by atoms with E-state index in [2.05, 4.69) is 5.32 Å². The van der Waals surface area contributed by atoms with Gasteiger partial charge in [-0.05, 0) is 24.6 Å². The van der Waals surface area contributed by atoms with Gasteiger partial charge in [-0.15, -0.1) is 0 Å². The Morgan fingerprint density at radius 2 is 1.71 bits per heavy atom. The Balaban J connectivity index is 2.27. The summed E-state index contributed by atoms with van der Waals surface area (Å²) in [6.45, 7) is 5.74. The normalized spacial score (nSPS) is 13.7. The molecule has 0 aliphatic carbocycles. The van der Waals surface area contributed by atoms with Crippen LogP contribution in [0.5, 0.6) is 0 Å². The number of imide groups is 1. The zero-order valence-electron chi connectivity index (χ0n) is 15.6. The number of hydrogen-bond acceptors (Lipinski definition) is 6. The van der Waals surface area contributed by atoms with Gasteiger partial charge in [-0.25, -0.2) is 8.42 Å². The molecule has 0 atom stereocenters. The molecule has 0 fully saturated rings. The number of sulfonamides is 1. The number of anilines is 1. The van der Waals surface area contributed by atoms with E-state index >= 15 is 0 Å². The summed E-state index contributed by atoms with van der Waals surface area (Å²) in [7, 11) is -3.76. The van der Waals surface area contributed by atoms with Crippen LogP contribution in [0.1, 0.15) is 40.1 Å². The van der Waals surface area contributed by atoms with Crippen molar-refractivity contribution >= 4 is 27.7 Å². The van der Waals surface area contributed by atoms with Gasteiger partial charge < -0.3 is 5.73 Å². The Kier molecular flexibility index (Phi) is 4.86.